The number of amidine groups is 1. The number of rotatable bonds is 4. The number of aliphatic hydroxyl groups excluding tert-OH is 1. The number of hydrogen-bond acceptors (Lipinski definition) is 3. The van der Waals surface area contributed by atoms with Crippen LogP contribution >= 0.6 is 24.2 Å². The maximum atomic E-state index is 8.90. The summed E-state index contributed by atoms with van der Waals surface area (Å²) in [6.45, 7) is 4.09. The topological polar surface area (TPSA) is 58.6 Å². The van der Waals surface area contributed by atoms with Crippen LogP contribution in [0.2, 0.25) is 0 Å². The van der Waals surface area contributed by atoms with Gasteiger partial charge in [-0.2, -0.15) is 0 Å². The standard InChI is InChI=1S/C12H18N2OS.ClH/c1-9(2)14-12(13)16-8-11-5-3-10(7-15)4-6-11;/h3-6,9,15H,7-8H2,1-2H3,(H2,13,14);1H. The first-order valence-corrected chi connectivity index (χ1v) is 6.25. The highest BCUT2D eigenvalue weighted by Gasteiger charge is 1.98. The van der Waals surface area contributed by atoms with Crippen LogP contribution < -0.4 is 5.73 Å². The first-order chi connectivity index (χ1) is 7.61. The third kappa shape index (κ3) is 6.56. The van der Waals surface area contributed by atoms with Crippen molar-refractivity contribution in [1.82, 2.24) is 0 Å². The number of halogens is 1. The Labute approximate surface area is 113 Å². The van der Waals surface area contributed by atoms with Crippen LogP contribution in [0.4, 0.5) is 0 Å². The number of nitrogens with zero attached hydrogens (tertiary/aromatic N) is 1. The molecular weight excluding hydrogens is 256 g/mol. The molecule has 1 aromatic carbocycles. The smallest absolute Gasteiger partial charge is 0.154 e. The first kappa shape index (κ1) is 16.3. The first-order valence-electron chi connectivity index (χ1n) is 5.26. The summed E-state index contributed by atoms with van der Waals surface area (Å²) in [6.07, 6.45) is 0. The Morgan fingerprint density at radius 3 is 2.29 bits per heavy atom. The zero-order valence-corrected chi connectivity index (χ0v) is 11.7. The van der Waals surface area contributed by atoms with Crippen molar-refractivity contribution < 1.29 is 5.11 Å². The van der Waals surface area contributed by atoms with Gasteiger partial charge in [0.25, 0.3) is 0 Å². The van der Waals surface area contributed by atoms with E-state index in [1.807, 2.05) is 38.1 Å². The number of nitrogens with two attached hydrogens (primary N) is 1. The van der Waals surface area contributed by atoms with Crippen LogP contribution in [-0.4, -0.2) is 16.3 Å². The molecule has 0 fully saturated rings. The van der Waals surface area contributed by atoms with Crippen LogP contribution in [0.3, 0.4) is 0 Å². The maximum absolute atomic E-state index is 8.90. The summed E-state index contributed by atoms with van der Waals surface area (Å²) in [5.74, 6) is 0.813. The van der Waals surface area contributed by atoms with E-state index in [0.717, 1.165) is 11.3 Å². The van der Waals surface area contributed by atoms with E-state index < -0.39 is 0 Å². The summed E-state index contributed by atoms with van der Waals surface area (Å²) >= 11 is 1.54. The second kappa shape index (κ2) is 8.39. The van der Waals surface area contributed by atoms with Crippen molar-refractivity contribution in [1.29, 1.82) is 0 Å². The molecule has 0 bridgehead atoms. The fourth-order valence-electron chi connectivity index (χ4n) is 1.19. The van der Waals surface area contributed by atoms with E-state index >= 15 is 0 Å². The highest BCUT2D eigenvalue weighted by atomic mass is 35.5. The zero-order chi connectivity index (χ0) is 12.0. The van der Waals surface area contributed by atoms with Gasteiger partial charge in [-0.25, -0.2) is 0 Å². The minimum absolute atomic E-state index is 0. The van der Waals surface area contributed by atoms with Crippen molar-refractivity contribution in [3.05, 3.63) is 35.4 Å². The van der Waals surface area contributed by atoms with Crippen molar-refractivity contribution in [2.75, 3.05) is 0 Å². The van der Waals surface area contributed by atoms with Gasteiger partial charge in [-0.05, 0) is 25.0 Å². The molecule has 3 N–H and O–H groups in total. The molecule has 0 heterocycles. The molecule has 0 unspecified atom stereocenters. The lowest BCUT2D eigenvalue weighted by Crippen LogP contribution is -2.09. The van der Waals surface area contributed by atoms with Crippen molar-refractivity contribution in [2.45, 2.75) is 32.2 Å². The Bertz CT molecular complexity index is 352. The maximum Gasteiger partial charge on any atom is 0.154 e. The Morgan fingerprint density at radius 2 is 1.82 bits per heavy atom. The van der Waals surface area contributed by atoms with E-state index in [1.54, 1.807) is 0 Å². The fraction of sp³-hybridized carbons (Fsp3) is 0.417. The number of hydrogen-bond donors (Lipinski definition) is 2. The van der Waals surface area contributed by atoms with Gasteiger partial charge in [0.2, 0.25) is 0 Å². The molecule has 0 aliphatic carbocycles. The molecular formula is C12H19ClN2OS. The second-order valence-electron chi connectivity index (χ2n) is 3.82. The second-order valence-corrected chi connectivity index (χ2v) is 4.82. The van der Waals surface area contributed by atoms with Crippen molar-refractivity contribution in [3.8, 4) is 0 Å². The van der Waals surface area contributed by atoms with Crippen molar-refractivity contribution in [2.24, 2.45) is 10.7 Å². The van der Waals surface area contributed by atoms with Gasteiger partial charge in [0.15, 0.2) is 5.17 Å². The number of aliphatic imine (C=N–C) groups is 1. The minimum atomic E-state index is 0. The van der Waals surface area contributed by atoms with Crippen LogP contribution in [0.15, 0.2) is 29.3 Å². The van der Waals surface area contributed by atoms with Gasteiger partial charge >= 0.3 is 0 Å². The molecule has 0 saturated heterocycles. The molecule has 0 atom stereocenters. The summed E-state index contributed by atoms with van der Waals surface area (Å²) in [5.41, 5.74) is 7.86. The van der Waals surface area contributed by atoms with E-state index in [9.17, 15) is 0 Å². The number of thioether (sulfide) groups is 1. The van der Waals surface area contributed by atoms with Crippen molar-refractivity contribution in [3.63, 3.8) is 0 Å². The van der Waals surface area contributed by atoms with Gasteiger partial charge in [0.1, 0.15) is 0 Å². The molecule has 0 aliphatic heterocycles. The SMILES string of the molecule is CC(C)N=C(N)SCc1ccc(CO)cc1.Cl. The molecule has 0 radical (unpaired) electrons. The largest absolute Gasteiger partial charge is 0.392 e. The molecule has 0 aromatic heterocycles. The lowest BCUT2D eigenvalue weighted by molar-refractivity contribution is 0.282. The quantitative estimate of drug-likeness (QED) is 0.655. The van der Waals surface area contributed by atoms with Gasteiger partial charge in [0.05, 0.1) is 6.61 Å². The molecule has 17 heavy (non-hydrogen) atoms. The molecule has 5 heteroatoms. The van der Waals surface area contributed by atoms with E-state index in [2.05, 4.69) is 4.99 Å². The molecule has 0 amide bonds. The lowest BCUT2D eigenvalue weighted by atomic mass is 10.2. The third-order valence-electron chi connectivity index (χ3n) is 1.98. The van der Waals surface area contributed by atoms with Crippen LogP contribution in [0.5, 0.6) is 0 Å². The van der Waals surface area contributed by atoms with Gasteiger partial charge in [-0.3, -0.25) is 4.99 Å². The molecule has 96 valence electrons. The average Bonchev–Trinajstić information content (AvgIpc) is 2.26. The van der Waals surface area contributed by atoms with Crippen molar-refractivity contribution >= 4 is 29.3 Å². The monoisotopic (exact) mass is 274 g/mol. The van der Waals surface area contributed by atoms with E-state index in [0.29, 0.717) is 5.17 Å². The van der Waals surface area contributed by atoms with E-state index in [-0.39, 0.29) is 25.1 Å². The van der Waals surface area contributed by atoms with E-state index in [1.165, 1.54) is 17.3 Å². The number of benzene rings is 1. The fourth-order valence-corrected chi connectivity index (χ4v) is 1.98. The predicted octanol–water partition coefficient (Wildman–Crippen LogP) is 2.56. The van der Waals surface area contributed by atoms with Crippen LogP contribution in [-0.2, 0) is 12.4 Å². The van der Waals surface area contributed by atoms with Gasteiger partial charge in [-0.1, -0.05) is 36.0 Å². The summed E-state index contributed by atoms with van der Waals surface area (Å²) in [5, 5.41) is 9.53. The highest BCUT2D eigenvalue weighted by molar-refractivity contribution is 8.13. The highest BCUT2D eigenvalue weighted by Crippen LogP contribution is 2.13. The molecule has 0 spiro atoms. The van der Waals surface area contributed by atoms with Crippen LogP contribution in [0.25, 0.3) is 0 Å². The summed E-state index contributed by atoms with van der Waals surface area (Å²) in [6, 6.07) is 8.09. The molecule has 0 saturated carbocycles. The summed E-state index contributed by atoms with van der Waals surface area (Å²) in [4.78, 5) is 4.24. The Morgan fingerprint density at radius 1 is 1.29 bits per heavy atom. The molecule has 0 aliphatic rings. The number of aliphatic hydroxyl groups is 1. The normalized spacial score (nSPS) is 11.4. The Hall–Kier alpha value is -0.710. The zero-order valence-electron chi connectivity index (χ0n) is 10.1. The average molecular weight is 275 g/mol. The lowest BCUT2D eigenvalue weighted by Gasteiger charge is -2.04. The molecule has 1 rings (SSSR count). The predicted molar refractivity (Wildman–Crippen MR) is 77.7 cm³/mol. The molecule has 1 aromatic rings. The Kier molecular flexibility index (Phi) is 8.04. The Balaban J connectivity index is 0.00000256. The van der Waals surface area contributed by atoms with Crippen LogP contribution in [0, 0.1) is 0 Å². The van der Waals surface area contributed by atoms with Crippen LogP contribution in [0.1, 0.15) is 25.0 Å². The van der Waals surface area contributed by atoms with E-state index in [4.69, 9.17) is 10.8 Å². The van der Waals surface area contributed by atoms with Gasteiger partial charge in [0, 0.05) is 11.8 Å². The third-order valence-corrected chi connectivity index (χ3v) is 2.86. The van der Waals surface area contributed by atoms with Gasteiger partial charge in [-0.15, -0.1) is 12.4 Å². The summed E-state index contributed by atoms with van der Waals surface area (Å²) in [7, 11) is 0. The molecule has 3 nitrogen and oxygen atoms in total. The minimum Gasteiger partial charge on any atom is -0.392 e. The summed E-state index contributed by atoms with van der Waals surface area (Å²) < 4.78 is 0. The van der Waals surface area contributed by atoms with Gasteiger partial charge < -0.3 is 10.8 Å².